The van der Waals surface area contributed by atoms with Gasteiger partial charge in [0.15, 0.2) is 5.76 Å². The smallest absolute Gasteiger partial charge is 0.276 e. The Labute approximate surface area is 140 Å². The van der Waals surface area contributed by atoms with E-state index in [4.69, 9.17) is 14.1 Å². The van der Waals surface area contributed by atoms with Gasteiger partial charge in [0.1, 0.15) is 6.07 Å². The molecule has 1 fully saturated rings. The van der Waals surface area contributed by atoms with Crippen LogP contribution in [0.25, 0.3) is 11.7 Å². The van der Waals surface area contributed by atoms with Crippen LogP contribution < -0.4 is 4.90 Å². The molecule has 0 saturated carbocycles. The molecule has 0 atom stereocenters. The third-order valence-corrected chi connectivity index (χ3v) is 5.60. The van der Waals surface area contributed by atoms with E-state index in [1.54, 1.807) is 19.0 Å². The van der Waals surface area contributed by atoms with E-state index in [-0.39, 0.29) is 22.4 Å². The summed E-state index contributed by atoms with van der Waals surface area (Å²) in [5.74, 6) is 0.551. The zero-order valence-corrected chi connectivity index (χ0v) is 14.3. The minimum Gasteiger partial charge on any atom is -0.438 e. The Morgan fingerprint density at radius 2 is 1.92 bits per heavy atom. The molecule has 0 aromatic carbocycles. The van der Waals surface area contributed by atoms with Crippen LogP contribution in [0.15, 0.2) is 26.1 Å². The number of hydrogen-bond acceptors (Lipinski definition) is 7. The Morgan fingerprint density at radius 1 is 1.21 bits per heavy atom. The molecule has 1 saturated heterocycles. The van der Waals surface area contributed by atoms with Gasteiger partial charge in [-0.1, -0.05) is 6.42 Å². The van der Waals surface area contributed by atoms with Gasteiger partial charge in [-0.15, -0.1) is 0 Å². The molecule has 0 bridgehead atoms. The third kappa shape index (κ3) is 2.90. The number of anilines is 1. The van der Waals surface area contributed by atoms with E-state index in [2.05, 4.69) is 4.98 Å². The largest absolute Gasteiger partial charge is 0.438 e. The normalized spacial score (nSPS) is 16.0. The van der Waals surface area contributed by atoms with Gasteiger partial charge in [-0.2, -0.15) is 14.6 Å². The summed E-state index contributed by atoms with van der Waals surface area (Å²) in [7, 11) is -0.209. The Balaban J connectivity index is 1.92. The summed E-state index contributed by atoms with van der Waals surface area (Å²) in [6.45, 7) is 1.00. The highest BCUT2D eigenvalue weighted by atomic mass is 32.2. The van der Waals surface area contributed by atoms with Gasteiger partial charge in [0.05, 0.1) is 0 Å². The molecular weight excluding hydrogens is 332 g/mol. The van der Waals surface area contributed by atoms with Gasteiger partial charge < -0.3 is 13.7 Å². The lowest BCUT2D eigenvalue weighted by molar-refractivity contribution is 0.332. The standard InChI is InChI=1S/C15H18N4O4S/c1-18(2)15-11(10-16)17-14(23-15)12-6-7-13(22-12)24(20,21)19-8-4-3-5-9-19/h6-7H,3-5,8-9H2,1-2H3. The molecule has 8 nitrogen and oxygen atoms in total. The van der Waals surface area contributed by atoms with E-state index in [1.165, 1.54) is 16.4 Å². The molecule has 0 spiro atoms. The predicted molar refractivity (Wildman–Crippen MR) is 85.9 cm³/mol. The molecule has 128 valence electrons. The minimum atomic E-state index is -3.65. The second kappa shape index (κ2) is 6.30. The number of furan rings is 1. The van der Waals surface area contributed by atoms with Crippen LogP contribution in [-0.2, 0) is 10.0 Å². The van der Waals surface area contributed by atoms with Gasteiger partial charge in [0.25, 0.3) is 15.9 Å². The second-order valence-corrected chi connectivity index (χ2v) is 7.63. The average Bonchev–Trinajstić information content (AvgIpc) is 3.22. The highest BCUT2D eigenvalue weighted by Crippen LogP contribution is 2.30. The van der Waals surface area contributed by atoms with Crippen molar-refractivity contribution in [3.8, 4) is 17.7 Å². The molecule has 0 aliphatic carbocycles. The van der Waals surface area contributed by atoms with E-state index in [1.807, 2.05) is 6.07 Å². The third-order valence-electron chi connectivity index (χ3n) is 3.82. The first kappa shape index (κ1) is 16.5. The summed E-state index contributed by atoms with van der Waals surface area (Å²) in [6, 6.07) is 4.82. The molecule has 0 amide bonds. The molecule has 0 radical (unpaired) electrons. The van der Waals surface area contributed by atoms with Gasteiger partial charge in [-0.05, 0) is 25.0 Å². The molecule has 3 rings (SSSR count). The van der Waals surface area contributed by atoms with Crippen molar-refractivity contribution in [1.29, 1.82) is 5.26 Å². The van der Waals surface area contributed by atoms with Gasteiger partial charge in [0, 0.05) is 27.2 Å². The first-order valence-corrected chi connectivity index (χ1v) is 9.06. The van der Waals surface area contributed by atoms with Crippen LogP contribution in [0.5, 0.6) is 0 Å². The molecule has 1 aliphatic rings. The molecule has 3 heterocycles. The van der Waals surface area contributed by atoms with Crippen LogP contribution in [0.4, 0.5) is 5.88 Å². The first-order valence-electron chi connectivity index (χ1n) is 7.62. The van der Waals surface area contributed by atoms with Crippen LogP contribution in [0.2, 0.25) is 0 Å². The van der Waals surface area contributed by atoms with Gasteiger partial charge in [-0.25, -0.2) is 8.42 Å². The Morgan fingerprint density at radius 3 is 2.50 bits per heavy atom. The fourth-order valence-corrected chi connectivity index (χ4v) is 4.03. The van der Waals surface area contributed by atoms with Gasteiger partial charge in [-0.3, -0.25) is 0 Å². The van der Waals surface area contributed by atoms with E-state index in [0.717, 1.165) is 19.3 Å². The number of rotatable bonds is 4. The molecule has 2 aromatic rings. The monoisotopic (exact) mass is 350 g/mol. The number of nitriles is 1. The van der Waals surface area contributed by atoms with Crippen LogP contribution >= 0.6 is 0 Å². The molecule has 0 unspecified atom stereocenters. The van der Waals surface area contributed by atoms with Crippen molar-refractivity contribution in [1.82, 2.24) is 9.29 Å². The molecule has 9 heteroatoms. The fourth-order valence-electron chi connectivity index (χ4n) is 2.60. The summed E-state index contributed by atoms with van der Waals surface area (Å²) < 4.78 is 37.6. The lowest BCUT2D eigenvalue weighted by atomic mass is 10.2. The first-order chi connectivity index (χ1) is 11.4. The summed E-state index contributed by atoms with van der Waals surface area (Å²) in [5.41, 5.74) is 0.117. The zero-order chi connectivity index (χ0) is 17.3. The minimum absolute atomic E-state index is 0.0790. The SMILES string of the molecule is CN(C)c1oc(-c2ccc(S(=O)(=O)N3CCCCC3)o2)nc1C#N. The summed E-state index contributed by atoms with van der Waals surface area (Å²) in [4.78, 5) is 5.67. The summed E-state index contributed by atoms with van der Waals surface area (Å²) in [5, 5.41) is 8.96. The Kier molecular flexibility index (Phi) is 4.34. The van der Waals surface area contributed by atoms with Crippen molar-refractivity contribution < 1.29 is 17.3 Å². The van der Waals surface area contributed by atoms with Crippen LogP contribution in [0.3, 0.4) is 0 Å². The Hall–Kier alpha value is -2.31. The topological polar surface area (TPSA) is 104 Å². The lowest BCUT2D eigenvalue weighted by Crippen LogP contribution is -2.35. The van der Waals surface area contributed by atoms with Crippen molar-refractivity contribution in [2.75, 3.05) is 32.1 Å². The maximum absolute atomic E-state index is 12.6. The number of piperidine rings is 1. The van der Waals surface area contributed by atoms with E-state index in [0.29, 0.717) is 19.0 Å². The van der Waals surface area contributed by atoms with Crippen molar-refractivity contribution in [3.05, 3.63) is 17.8 Å². The number of oxazole rings is 1. The summed E-state index contributed by atoms with van der Waals surface area (Å²) >= 11 is 0. The van der Waals surface area contributed by atoms with Crippen LogP contribution in [0, 0.1) is 11.3 Å². The lowest BCUT2D eigenvalue weighted by Gasteiger charge is -2.24. The average molecular weight is 350 g/mol. The molecule has 2 aromatic heterocycles. The highest BCUT2D eigenvalue weighted by molar-refractivity contribution is 7.89. The van der Waals surface area contributed by atoms with Crippen LogP contribution in [0.1, 0.15) is 25.0 Å². The van der Waals surface area contributed by atoms with E-state index >= 15 is 0 Å². The fraction of sp³-hybridized carbons (Fsp3) is 0.467. The maximum Gasteiger partial charge on any atom is 0.276 e. The zero-order valence-electron chi connectivity index (χ0n) is 13.5. The Bertz CT molecular complexity index is 870. The number of sulfonamides is 1. The highest BCUT2D eigenvalue weighted by Gasteiger charge is 2.30. The molecule has 24 heavy (non-hydrogen) atoms. The van der Waals surface area contributed by atoms with Crippen molar-refractivity contribution in [2.45, 2.75) is 24.4 Å². The number of nitrogens with zero attached hydrogens (tertiary/aromatic N) is 4. The number of aromatic nitrogens is 1. The van der Waals surface area contributed by atoms with E-state index in [9.17, 15) is 8.42 Å². The summed E-state index contributed by atoms with van der Waals surface area (Å²) in [6.07, 6.45) is 2.74. The predicted octanol–water partition coefficient (Wildman–Crippen LogP) is 2.05. The molecule has 1 aliphatic heterocycles. The number of hydrogen-bond donors (Lipinski definition) is 0. The van der Waals surface area contributed by atoms with Crippen molar-refractivity contribution >= 4 is 15.9 Å². The van der Waals surface area contributed by atoms with Crippen LogP contribution in [-0.4, -0.2) is 44.9 Å². The maximum atomic E-state index is 12.6. The van der Waals surface area contributed by atoms with Gasteiger partial charge >= 0.3 is 0 Å². The van der Waals surface area contributed by atoms with E-state index < -0.39 is 10.0 Å². The van der Waals surface area contributed by atoms with Crippen molar-refractivity contribution in [3.63, 3.8) is 0 Å². The molecule has 0 N–H and O–H groups in total. The van der Waals surface area contributed by atoms with Crippen molar-refractivity contribution in [2.24, 2.45) is 0 Å². The second-order valence-electron chi connectivity index (χ2n) is 5.76. The quantitative estimate of drug-likeness (QED) is 0.831. The molecular formula is C15H18N4O4S. The van der Waals surface area contributed by atoms with Gasteiger partial charge in [0.2, 0.25) is 16.7 Å².